The maximum Gasteiger partial charge on any atom is 0.290 e. The Bertz CT molecular complexity index is 807. The topological polar surface area (TPSA) is 97.6 Å². The highest BCUT2D eigenvalue weighted by Gasteiger charge is 2.27. The third-order valence-corrected chi connectivity index (χ3v) is 4.59. The van der Waals surface area contributed by atoms with Gasteiger partial charge in [-0.2, -0.15) is 0 Å². The number of nitrogens with zero attached hydrogens (tertiary/aromatic N) is 3. The van der Waals surface area contributed by atoms with Gasteiger partial charge >= 0.3 is 0 Å². The number of nitro groups is 1. The lowest BCUT2D eigenvalue weighted by atomic mass is 9.97. The zero-order chi connectivity index (χ0) is 19.2. The maximum atomic E-state index is 13.1. The molecule has 1 aliphatic heterocycles. The number of hydrogen-bond donors (Lipinski definition) is 1. The number of rotatable bonds is 6. The number of anilines is 1. The number of amides is 1. The van der Waals surface area contributed by atoms with Crippen LogP contribution in [0.1, 0.15) is 17.0 Å². The first kappa shape index (κ1) is 18.8. The molecule has 0 bridgehead atoms. The number of aryl methyl sites for hydroxylation is 1. The molecule has 0 spiro atoms. The van der Waals surface area contributed by atoms with Gasteiger partial charge in [-0.15, -0.1) is 0 Å². The number of nitrogens with one attached hydrogen (secondary N) is 1. The second-order valence-electron chi connectivity index (χ2n) is 6.39. The van der Waals surface area contributed by atoms with Crippen LogP contribution in [0.2, 0.25) is 0 Å². The van der Waals surface area contributed by atoms with Crippen molar-refractivity contribution in [2.75, 3.05) is 38.2 Å². The van der Waals surface area contributed by atoms with E-state index in [1.165, 1.54) is 6.20 Å². The first-order chi connectivity index (χ1) is 13.1. The lowest BCUT2D eigenvalue weighted by Gasteiger charge is -2.30. The number of hydrogen-bond acceptors (Lipinski definition) is 6. The summed E-state index contributed by atoms with van der Waals surface area (Å²) in [6, 6.07) is 11.2. The fraction of sp³-hybridized carbons (Fsp3) is 0.368. The predicted octanol–water partition coefficient (Wildman–Crippen LogP) is 2.35. The van der Waals surface area contributed by atoms with E-state index in [-0.39, 0.29) is 17.5 Å². The third kappa shape index (κ3) is 4.59. The Balaban J connectivity index is 1.76. The number of carbonyl (C=O) groups excluding carboxylic acids is 1. The molecule has 27 heavy (non-hydrogen) atoms. The van der Waals surface area contributed by atoms with Crippen molar-refractivity contribution in [1.29, 1.82) is 0 Å². The van der Waals surface area contributed by atoms with E-state index in [9.17, 15) is 14.9 Å². The number of pyridine rings is 1. The van der Waals surface area contributed by atoms with Crippen LogP contribution >= 0.6 is 0 Å². The van der Waals surface area contributed by atoms with Crippen molar-refractivity contribution in [2.45, 2.75) is 12.8 Å². The zero-order valence-electron chi connectivity index (χ0n) is 15.1. The summed E-state index contributed by atoms with van der Waals surface area (Å²) >= 11 is 0. The summed E-state index contributed by atoms with van der Waals surface area (Å²) in [6.45, 7) is 4.27. The van der Waals surface area contributed by atoms with Crippen LogP contribution in [0.15, 0.2) is 42.6 Å². The van der Waals surface area contributed by atoms with Crippen molar-refractivity contribution in [1.82, 2.24) is 9.88 Å². The van der Waals surface area contributed by atoms with Crippen LogP contribution in [0.5, 0.6) is 0 Å². The fourth-order valence-corrected chi connectivity index (χ4v) is 3.08. The Labute approximate surface area is 157 Å². The van der Waals surface area contributed by atoms with E-state index in [1.807, 2.05) is 35.2 Å². The van der Waals surface area contributed by atoms with Crippen LogP contribution in [-0.4, -0.2) is 53.6 Å². The first-order valence-electron chi connectivity index (χ1n) is 8.82. The summed E-state index contributed by atoms with van der Waals surface area (Å²) in [5.41, 5.74) is 1.41. The summed E-state index contributed by atoms with van der Waals surface area (Å²) in [5.74, 6) is 0.172. The lowest BCUT2D eigenvalue weighted by Crippen LogP contribution is -2.44. The molecule has 1 aromatic carbocycles. The van der Waals surface area contributed by atoms with Gasteiger partial charge in [-0.25, -0.2) is 4.98 Å². The molecule has 8 heteroatoms. The molecule has 3 rings (SSSR count). The first-order valence-corrected chi connectivity index (χ1v) is 8.82. The van der Waals surface area contributed by atoms with Gasteiger partial charge in [-0.05, 0) is 18.6 Å². The van der Waals surface area contributed by atoms with Crippen molar-refractivity contribution in [2.24, 2.45) is 0 Å². The molecule has 1 saturated heterocycles. The van der Waals surface area contributed by atoms with E-state index in [0.29, 0.717) is 44.2 Å². The molecule has 0 aliphatic carbocycles. The molecule has 2 aromatic rings. The van der Waals surface area contributed by atoms with Crippen LogP contribution in [-0.2, 0) is 9.53 Å². The van der Waals surface area contributed by atoms with Crippen LogP contribution in [0.3, 0.4) is 0 Å². The molecular formula is C19H22N4O4. The van der Waals surface area contributed by atoms with Gasteiger partial charge in [0.1, 0.15) is 12.0 Å². The SMILES string of the molecule is Cc1cc(NCC(C(=O)N2CCOCC2)c2ccccc2)ncc1[N+](=O)[O-]. The Hall–Kier alpha value is -3.00. The van der Waals surface area contributed by atoms with Crippen molar-refractivity contribution < 1.29 is 14.5 Å². The second kappa shape index (κ2) is 8.59. The van der Waals surface area contributed by atoms with E-state index in [1.54, 1.807) is 13.0 Å². The Morgan fingerprint density at radius 2 is 2.04 bits per heavy atom. The summed E-state index contributed by atoms with van der Waals surface area (Å²) < 4.78 is 5.33. The summed E-state index contributed by atoms with van der Waals surface area (Å²) in [4.78, 5) is 29.4. The molecule has 1 N–H and O–H groups in total. The second-order valence-corrected chi connectivity index (χ2v) is 6.39. The number of ether oxygens (including phenoxy) is 1. The quantitative estimate of drug-likeness (QED) is 0.619. The molecule has 1 aliphatic rings. The summed E-state index contributed by atoms with van der Waals surface area (Å²) in [6.07, 6.45) is 1.24. The highest BCUT2D eigenvalue weighted by molar-refractivity contribution is 5.84. The summed E-state index contributed by atoms with van der Waals surface area (Å²) in [5, 5.41) is 14.1. The van der Waals surface area contributed by atoms with E-state index in [4.69, 9.17) is 4.74 Å². The average Bonchev–Trinajstić information content (AvgIpc) is 2.69. The van der Waals surface area contributed by atoms with Gasteiger partial charge in [0.2, 0.25) is 5.91 Å². The Kier molecular flexibility index (Phi) is 5.97. The van der Waals surface area contributed by atoms with Gasteiger partial charge in [0.05, 0.1) is 24.1 Å². The normalized spacial score (nSPS) is 15.2. The monoisotopic (exact) mass is 370 g/mol. The minimum Gasteiger partial charge on any atom is -0.378 e. The van der Waals surface area contributed by atoms with Crippen molar-refractivity contribution >= 4 is 17.4 Å². The highest BCUT2D eigenvalue weighted by atomic mass is 16.6. The van der Waals surface area contributed by atoms with Crippen LogP contribution in [0.4, 0.5) is 11.5 Å². The van der Waals surface area contributed by atoms with Crippen molar-refractivity contribution in [3.63, 3.8) is 0 Å². The van der Waals surface area contributed by atoms with Crippen LogP contribution in [0.25, 0.3) is 0 Å². The number of benzene rings is 1. The predicted molar refractivity (Wildman–Crippen MR) is 101 cm³/mol. The van der Waals surface area contributed by atoms with Crippen LogP contribution < -0.4 is 5.32 Å². The zero-order valence-corrected chi connectivity index (χ0v) is 15.1. The smallest absolute Gasteiger partial charge is 0.290 e. The Morgan fingerprint density at radius 3 is 2.67 bits per heavy atom. The molecule has 1 fully saturated rings. The largest absolute Gasteiger partial charge is 0.378 e. The Morgan fingerprint density at radius 1 is 1.33 bits per heavy atom. The molecule has 142 valence electrons. The number of aromatic nitrogens is 1. The van der Waals surface area contributed by atoms with Crippen molar-refractivity contribution in [3.05, 3.63) is 63.8 Å². The molecule has 8 nitrogen and oxygen atoms in total. The molecule has 1 atom stereocenters. The molecule has 2 heterocycles. The van der Waals surface area contributed by atoms with Gasteiger partial charge in [0.25, 0.3) is 5.69 Å². The van der Waals surface area contributed by atoms with Gasteiger partial charge in [-0.3, -0.25) is 14.9 Å². The third-order valence-electron chi connectivity index (χ3n) is 4.59. The number of carbonyl (C=O) groups is 1. The molecule has 0 saturated carbocycles. The van der Waals surface area contributed by atoms with Gasteiger partial charge < -0.3 is 15.0 Å². The molecule has 1 amide bonds. The molecule has 1 unspecified atom stereocenters. The van der Waals surface area contributed by atoms with Gasteiger partial charge in [0.15, 0.2) is 0 Å². The van der Waals surface area contributed by atoms with E-state index in [0.717, 1.165) is 5.56 Å². The molecular weight excluding hydrogens is 348 g/mol. The van der Waals surface area contributed by atoms with E-state index < -0.39 is 4.92 Å². The minimum atomic E-state index is -0.458. The lowest BCUT2D eigenvalue weighted by molar-refractivity contribution is -0.385. The highest BCUT2D eigenvalue weighted by Crippen LogP contribution is 2.22. The molecule has 1 aromatic heterocycles. The average molecular weight is 370 g/mol. The minimum absolute atomic E-state index is 0.0236. The standard InChI is InChI=1S/C19H22N4O4/c1-14-11-18(21-13-17(14)23(25)26)20-12-16(15-5-3-2-4-6-15)19(24)22-7-9-27-10-8-22/h2-6,11,13,16H,7-10,12H2,1H3,(H,20,21). The van der Waals surface area contributed by atoms with Gasteiger partial charge in [0, 0.05) is 25.2 Å². The fourth-order valence-electron chi connectivity index (χ4n) is 3.08. The maximum absolute atomic E-state index is 13.1. The van der Waals surface area contributed by atoms with E-state index >= 15 is 0 Å². The summed E-state index contributed by atoms with van der Waals surface area (Å²) in [7, 11) is 0. The van der Waals surface area contributed by atoms with Crippen LogP contribution in [0, 0.1) is 17.0 Å². The van der Waals surface area contributed by atoms with E-state index in [2.05, 4.69) is 10.3 Å². The van der Waals surface area contributed by atoms with Gasteiger partial charge in [-0.1, -0.05) is 30.3 Å². The molecule has 0 radical (unpaired) electrons. The number of morpholine rings is 1. The van der Waals surface area contributed by atoms with Crippen molar-refractivity contribution in [3.8, 4) is 0 Å².